The van der Waals surface area contributed by atoms with Crippen molar-refractivity contribution in [1.82, 2.24) is 4.90 Å². The third kappa shape index (κ3) is 5.06. The van der Waals surface area contributed by atoms with Crippen LogP contribution >= 0.6 is 11.6 Å². The van der Waals surface area contributed by atoms with Gasteiger partial charge in [0.25, 0.3) is 0 Å². The summed E-state index contributed by atoms with van der Waals surface area (Å²) in [4.78, 5) is 15.2. The maximum atomic E-state index is 13.1. The van der Waals surface area contributed by atoms with Crippen molar-refractivity contribution in [2.24, 2.45) is 0 Å². The van der Waals surface area contributed by atoms with Gasteiger partial charge < -0.3 is 5.32 Å². The molecule has 1 atom stereocenters. The van der Waals surface area contributed by atoms with Crippen LogP contribution < -0.4 is 5.32 Å². The fourth-order valence-corrected chi connectivity index (χ4v) is 3.68. The largest absolute Gasteiger partial charge is 0.416 e. The molecular formula is C21H22ClF3N2O. The average Bonchev–Trinajstić information content (AvgIpc) is 2.93. The Hall–Kier alpha value is -2.05. The molecule has 1 aliphatic heterocycles. The lowest BCUT2D eigenvalue weighted by Gasteiger charge is -2.30. The highest BCUT2D eigenvalue weighted by molar-refractivity contribution is 6.33. The van der Waals surface area contributed by atoms with Crippen molar-refractivity contribution in [3.05, 3.63) is 64.7 Å². The number of hydrogen-bond acceptors (Lipinski definition) is 2. The molecule has 7 heteroatoms. The predicted molar refractivity (Wildman–Crippen MR) is 104 cm³/mol. The number of anilines is 1. The van der Waals surface area contributed by atoms with Gasteiger partial charge in [0.2, 0.25) is 5.91 Å². The van der Waals surface area contributed by atoms with Crippen molar-refractivity contribution >= 4 is 23.2 Å². The van der Waals surface area contributed by atoms with Crippen molar-refractivity contribution in [2.75, 3.05) is 18.4 Å². The fourth-order valence-electron chi connectivity index (χ4n) is 3.52. The number of halogens is 4. The highest BCUT2D eigenvalue weighted by Crippen LogP contribution is 2.34. The SMILES string of the molecule is O=C(Nc1cc(C(F)(F)F)ccc1Cl)[C@@H](c1ccccc1)N1CCCCCC1. The number of rotatable bonds is 4. The monoisotopic (exact) mass is 410 g/mol. The van der Waals surface area contributed by atoms with Gasteiger partial charge in [-0.05, 0) is 49.7 Å². The Kier molecular flexibility index (Phi) is 6.62. The normalized spacial score (nSPS) is 17.0. The molecule has 3 rings (SSSR count). The van der Waals surface area contributed by atoms with Crippen LogP contribution in [0.2, 0.25) is 5.02 Å². The van der Waals surface area contributed by atoms with E-state index >= 15 is 0 Å². The van der Waals surface area contributed by atoms with Crippen molar-refractivity contribution in [3.8, 4) is 0 Å². The predicted octanol–water partition coefficient (Wildman–Crippen LogP) is 5.91. The van der Waals surface area contributed by atoms with Gasteiger partial charge in [0, 0.05) is 0 Å². The molecule has 2 aromatic carbocycles. The highest BCUT2D eigenvalue weighted by Gasteiger charge is 2.32. The smallest absolute Gasteiger partial charge is 0.323 e. The van der Waals surface area contributed by atoms with E-state index in [-0.39, 0.29) is 16.6 Å². The zero-order valence-corrected chi connectivity index (χ0v) is 16.1. The number of nitrogens with zero attached hydrogens (tertiary/aromatic N) is 1. The summed E-state index contributed by atoms with van der Waals surface area (Å²) in [5.41, 5.74) is -0.0690. The number of carbonyl (C=O) groups excluding carboxylic acids is 1. The molecule has 0 radical (unpaired) electrons. The quantitative estimate of drug-likeness (QED) is 0.679. The minimum absolute atomic E-state index is 0.0303. The van der Waals surface area contributed by atoms with Crippen LogP contribution in [0.3, 0.4) is 0 Å². The lowest BCUT2D eigenvalue weighted by Crippen LogP contribution is -2.38. The van der Waals surface area contributed by atoms with Crippen LogP contribution in [0, 0.1) is 0 Å². The van der Waals surface area contributed by atoms with Crippen LogP contribution in [0.4, 0.5) is 18.9 Å². The topological polar surface area (TPSA) is 32.3 Å². The van der Waals surface area contributed by atoms with Gasteiger partial charge in [0.15, 0.2) is 0 Å². The Bertz CT molecular complexity index is 803. The minimum Gasteiger partial charge on any atom is -0.323 e. The molecule has 1 N–H and O–H groups in total. The van der Waals surface area contributed by atoms with Crippen LogP contribution in [-0.2, 0) is 11.0 Å². The molecule has 0 unspecified atom stereocenters. The molecule has 1 amide bonds. The van der Waals surface area contributed by atoms with Crippen LogP contribution in [-0.4, -0.2) is 23.9 Å². The summed E-state index contributed by atoms with van der Waals surface area (Å²) in [5.74, 6) is -0.380. The number of hydrogen-bond donors (Lipinski definition) is 1. The van der Waals surface area contributed by atoms with Crippen molar-refractivity contribution in [2.45, 2.75) is 37.9 Å². The van der Waals surface area contributed by atoms with E-state index in [1.807, 2.05) is 30.3 Å². The second kappa shape index (κ2) is 8.97. The second-order valence-corrected chi connectivity index (χ2v) is 7.35. The van der Waals surface area contributed by atoms with E-state index in [9.17, 15) is 18.0 Å². The molecule has 2 aromatic rings. The summed E-state index contributed by atoms with van der Waals surface area (Å²) in [5, 5.41) is 2.70. The van der Waals surface area contributed by atoms with Crippen molar-refractivity contribution < 1.29 is 18.0 Å². The zero-order chi connectivity index (χ0) is 20.1. The Morgan fingerprint density at radius 1 is 1.00 bits per heavy atom. The molecule has 0 bridgehead atoms. The van der Waals surface area contributed by atoms with E-state index < -0.39 is 17.8 Å². The Labute approximate surface area is 167 Å². The molecule has 1 saturated heterocycles. The number of alkyl halides is 3. The first kappa shape index (κ1) is 20.7. The van der Waals surface area contributed by atoms with Gasteiger partial charge >= 0.3 is 6.18 Å². The fraction of sp³-hybridized carbons (Fsp3) is 0.381. The van der Waals surface area contributed by atoms with Crippen LogP contribution in [0.5, 0.6) is 0 Å². The summed E-state index contributed by atoms with van der Waals surface area (Å²) in [6.07, 6.45) is -0.312. The third-order valence-electron chi connectivity index (χ3n) is 4.92. The van der Waals surface area contributed by atoms with Gasteiger partial charge in [-0.25, -0.2) is 0 Å². The van der Waals surface area contributed by atoms with E-state index in [2.05, 4.69) is 10.2 Å². The number of benzene rings is 2. The van der Waals surface area contributed by atoms with Crippen LogP contribution in [0.15, 0.2) is 48.5 Å². The van der Waals surface area contributed by atoms with Gasteiger partial charge in [-0.2, -0.15) is 13.2 Å². The lowest BCUT2D eigenvalue weighted by atomic mass is 10.0. The first-order chi connectivity index (χ1) is 13.4. The summed E-state index contributed by atoms with van der Waals surface area (Å²) in [6, 6.07) is 11.7. The van der Waals surface area contributed by atoms with Gasteiger partial charge in [-0.15, -0.1) is 0 Å². The Balaban J connectivity index is 1.90. The maximum Gasteiger partial charge on any atom is 0.416 e. The molecule has 150 valence electrons. The van der Waals surface area contributed by atoms with E-state index in [1.54, 1.807) is 0 Å². The summed E-state index contributed by atoms with van der Waals surface area (Å²) in [7, 11) is 0. The molecule has 0 saturated carbocycles. The summed E-state index contributed by atoms with van der Waals surface area (Å²) in [6.45, 7) is 1.53. The van der Waals surface area contributed by atoms with Gasteiger partial charge in [-0.1, -0.05) is 54.8 Å². The average molecular weight is 411 g/mol. The minimum atomic E-state index is -4.51. The third-order valence-corrected chi connectivity index (χ3v) is 5.25. The number of likely N-dealkylation sites (tertiary alicyclic amines) is 1. The second-order valence-electron chi connectivity index (χ2n) is 6.95. The molecular weight excluding hydrogens is 389 g/mol. The van der Waals surface area contributed by atoms with Crippen molar-refractivity contribution in [3.63, 3.8) is 0 Å². The molecule has 1 fully saturated rings. The molecule has 3 nitrogen and oxygen atoms in total. The first-order valence-electron chi connectivity index (χ1n) is 9.33. The van der Waals surface area contributed by atoms with Crippen LogP contribution in [0.1, 0.15) is 42.9 Å². The highest BCUT2D eigenvalue weighted by atomic mass is 35.5. The lowest BCUT2D eigenvalue weighted by molar-refractivity contribution is -0.137. The standard InChI is InChI=1S/C21H22ClF3N2O/c22-17-11-10-16(21(23,24)25)14-18(17)26-20(28)19(15-8-4-3-5-9-15)27-12-6-1-2-7-13-27/h3-5,8-11,14,19H,1-2,6-7,12-13H2,(H,26,28)/t19-/m1/s1. The molecule has 1 heterocycles. The molecule has 0 aliphatic carbocycles. The van der Waals surface area contributed by atoms with Crippen LogP contribution in [0.25, 0.3) is 0 Å². The summed E-state index contributed by atoms with van der Waals surface area (Å²) >= 11 is 6.06. The molecule has 0 aromatic heterocycles. The molecule has 1 aliphatic rings. The first-order valence-corrected chi connectivity index (χ1v) is 9.70. The van der Waals surface area contributed by atoms with Gasteiger partial charge in [0.1, 0.15) is 6.04 Å². The Morgan fingerprint density at radius 2 is 1.64 bits per heavy atom. The number of carbonyl (C=O) groups is 1. The zero-order valence-electron chi connectivity index (χ0n) is 15.3. The number of amides is 1. The molecule has 0 spiro atoms. The Morgan fingerprint density at radius 3 is 2.25 bits per heavy atom. The van der Waals surface area contributed by atoms with E-state index in [4.69, 9.17) is 11.6 Å². The summed E-state index contributed by atoms with van der Waals surface area (Å²) < 4.78 is 39.1. The van der Waals surface area contributed by atoms with Crippen molar-refractivity contribution in [1.29, 1.82) is 0 Å². The molecule has 28 heavy (non-hydrogen) atoms. The van der Waals surface area contributed by atoms with Gasteiger partial charge in [-0.3, -0.25) is 9.69 Å². The van der Waals surface area contributed by atoms with Gasteiger partial charge in [0.05, 0.1) is 16.3 Å². The number of nitrogens with one attached hydrogen (secondary N) is 1. The van der Waals surface area contributed by atoms with E-state index in [0.717, 1.165) is 62.5 Å². The van der Waals surface area contributed by atoms with E-state index in [1.165, 1.54) is 0 Å². The van der Waals surface area contributed by atoms with E-state index in [0.29, 0.717) is 0 Å². The maximum absolute atomic E-state index is 13.1.